The Bertz CT molecular complexity index is 251. The van der Waals surface area contributed by atoms with Crippen LogP contribution in [0.15, 0.2) is 11.6 Å². The molecule has 1 aliphatic carbocycles. The summed E-state index contributed by atoms with van der Waals surface area (Å²) in [7, 11) is 0. The van der Waals surface area contributed by atoms with Gasteiger partial charge in [0.15, 0.2) is 0 Å². The third-order valence-corrected chi connectivity index (χ3v) is 5.17. The van der Waals surface area contributed by atoms with E-state index in [1.807, 2.05) is 0 Å². The minimum absolute atomic E-state index is 0.877. The van der Waals surface area contributed by atoms with Crippen molar-refractivity contribution in [3.63, 3.8) is 0 Å². The minimum Gasteiger partial charge on any atom is -0.0819 e. The Kier molecular flexibility index (Phi) is 8.50. The summed E-state index contributed by atoms with van der Waals surface area (Å²) >= 11 is 0. The lowest BCUT2D eigenvalue weighted by molar-refractivity contribution is 0.229. The summed E-state index contributed by atoms with van der Waals surface area (Å²) in [5.74, 6) is 2.77. The lowest BCUT2D eigenvalue weighted by atomic mass is 9.70. The molecule has 0 heteroatoms. The third-order valence-electron chi connectivity index (χ3n) is 5.17. The molecule has 0 aromatic carbocycles. The van der Waals surface area contributed by atoms with E-state index in [0.717, 1.165) is 17.8 Å². The molecule has 0 aliphatic heterocycles. The van der Waals surface area contributed by atoms with Gasteiger partial charge in [-0.2, -0.15) is 0 Å². The van der Waals surface area contributed by atoms with Gasteiger partial charge in [-0.1, -0.05) is 77.9 Å². The maximum absolute atomic E-state index is 2.65. The van der Waals surface area contributed by atoms with Crippen molar-refractivity contribution < 1.29 is 0 Å². The number of rotatable bonds is 9. The number of hydrogen-bond donors (Lipinski definition) is 0. The largest absolute Gasteiger partial charge is 0.0819 e. The fraction of sp³-hybridized carbons (Fsp3) is 0.895. The predicted molar refractivity (Wildman–Crippen MR) is 87.4 cm³/mol. The molecule has 0 fully saturated rings. The van der Waals surface area contributed by atoms with Crippen molar-refractivity contribution in [2.75, 3.05) is 0 Å². The number of unbranched alkanes of at least 4 members (excludes halogenated alkanes) is 4. The topological polar surface area (TPSA) is 0 Å². The van der Waals surface area contributed by atoms with Gasteiger partial charge in [0.25, 0.3) is 0 Å². The fourth-order valence-electron chi connectivity index (χ4n) is 3.65. The van der Waals surface area contributed by atoms with Crippen LogP contribution in [-0.4, -0.2) is 0 Å². The zero-order valence-corrected chi connectivity index (χ0v) is 13.9. The van der Waals surface area contributed by atoms with Crippen molar-refractivity contribution in [2.24, 2.45) is 17.8 Å². The van der Waals surface area contributed by atoms with Gasteiger partial charge >= 0.3 is 0 Å². The maximum atomic E-state index is 2.65. The fourth-order valence-corrected chi connectivity index (χ4v) is 3.65. The summed E-state index contributed by atoms with van der Waals surface area (Å²) in [5.41, 5.74) is 1.75. The van der Waals surface area contributed by atoms with Gasteiger partial charge in [0.2, 0.25) is 0 Å². The molecule has 0 heterocycles. The van der Waals surface area contributed by atoms with Crippen LogP contribution in [0, 0.1) is 17.8 Å². The van der Waals surface area contributed by atoms with Crippen molar-refractivity contribution in [1.29, 1.82) is 0 Å². The summed E-state index contributed by atoms with van der Waals surface area (Å²) in [6.07, 6.45) is 16.7. The molecule has 0 saturated heterocycles. The molecule has 0 nitrogen and oxygen atoms in total. The standard InChI is InChI=1S/C19H36/c1-5-8-10-12-18-14-17(7-3)15-19(16(18)4)13-11-9-6-2/h14,16,18-19H,5-13,15H2,1-4H3/t16-,18-,19+/m0/s1. The van der Waals surface area contributed by atoms with Gasteiger partial charge in [-0.25, -0.2) is 0 Å². The molecular formula is C19H36. The molecule has 0 amide bonds. The van der Waals surface area contributed by atoms with E-state index in [2.05, 4.69) is 33.8 Å². The summed E-state index contributed by atoms with van der Waals surface area (Å²) in [5, 5.41) is 0. The van der Waals surface area contributed by atoms with Gasteiger partial charge in [-0.05, 0) is 43.4 Å². The molecule has 19 heavy (non-hydrogen) atoms. The van der Waals surface area contributed by atoms with Crippen LogP contribution in [0.2, 0.25) is 0 Å². The highest BCUT2D eigenvalue weighted by atomic mass is 14.3. The molecule has 0 N–H and O–H groups in total. The first-order valence-corrected chi connectivity index (χ1v) is 8.92. The van der Waals surface area contributed by atoms with E-state index >= 15 is 0 Å². The zero-order chi connectivity index (χ0) is 14.1. The second kappa shape index (κ2) is 9.61. The molecule has 0 aromatic rings. The van der Waals surface area contributed by atoms with Crippen LogP contribution in [0.4, 0.5) is 0 Å². The molecule has 1 aliphatic rings. The average molecular weight is 264 g/mol. The van der Waals surface area contributed by atoms with Gasteiger partial charge < -0.3 is 0 Å². The summed E-state index contributed by atoms with van der Waals surface area (Å²) in [6, 6.07) is 0. The van der Waals surface area contributed by atoms with Gasteiger partial charge in [-0.15, -0.1) is 0 Å². The van der Waals surface area contributed by atoms with Crippen molar-refractivity contribution in [3.05, 3.63) is 11.6 Å². The first-order chi connectivity index (χ1) is 9.22. The summed E-state index contributed by atoms with van der Waals surface area (Å²) < 4.78 is 0. The normalized spacial score (nSPS) is 27.4. The first-order valence-electron chi connectivity index (χ1n) is 8.92. The first kappa shape index (κ1) is 16.8. The molecule has 0 saturated carbocycles. The highest BCUT2D eigenvalue weighted by molar-refractivity contribution is 5.11. The van der Waals surface area contributed by atoms with E-state index in [1.165, 1.54) is 64.2 Å². The Morgan fingerprint density at radius 3 is 2.16 bits per heavy atom. The van der Waals surface area contributed by atoms with Crippen LogP contribution in [0.25, 0.3) is 0 Å². The van der Waals surface area contributed by atoms with E-state index in [9.17, 15) is 0 Å². The summed E-state index contributed by atoms with van der Waals surface area (Å²) in [6.45, 7) is 9.49. The van der Waals surface area contributed by atoms with Crippen molar-refractivity contribution in [1.82, 2.24) is 0 Å². The second-order valence-corrected chi connectivity index (χ2v) is 6.66. The SMILES string of the molecule is CCCCC[C@@H]1CC(CC)=C[C@H](CCCCC)[C@@H]1C. The predicted octanol–water partition coefficient (Wildman–Crippen LogP) is 6.76. The molecule has 1 rings (SSSR count). The Balaban J connectivity index is 2.52. The maximum Gasteiger partial charge on any atom is -0.0202 e. The minimum atomic E-state index is 0.877. The van der Waals surface area contributed by atoms with E-state index < -0.39 is 0 Å². The zero-order valence-electron chi connectivity index (χ0n) is 13.9. The van der Waals surface area contributed by atoms with Crippen molar-refractivity contribution in [3.8, 4) is 0 Å². The van der Waals surface area contributed by atoms with Crippen LogP contribution >= 0.6 is 0 Å². The Hall–Kier alpha value is -0.260. The molecule has 0 spiro atoms. The molecule has 0 aromatic heterocycles. The van der Waals surface area contributed by atoms with Crippen LogP contribution in [-0.2, 0) is 0 Å². The Labute approximate surface area is 122 Å². The van der Waals surface area contributed by atoms with E-state index in [4.69, 9.17) is 0 Å². The van der Waals surface area contributed by atoms with E-state index in [0.29, 0.717) is 0 Å². The highest BCUT2D eigenvalue weighted by Crippen LogP contribution is 2.39. The van der Waals surface area contributed by atoms with E-state index in [1.54, 1.807) is 5.57 Å². The van der Waals surface area contributed by atoms with Crippen LogP contribution in [0.1, 0.15) is 91.9 Å². The van der Waals surface area contributed by atoms with E-state index in [-0.39, 0.29) is 0 Å². The molecule has 112 valence electrons. The molecule has 0 radical (unpaired) electrons. The van der Waals surface area contributed by atoms with Crippen molar-refractivity contribution in [2.45, 2.75) is 91.9 Å². The average Bonchev–Trinajstić information content (AvgIpc) is 2.42. The molecular weight excluding hydrogens is 228 g/mol. The Morgan fingerprint density at radius 1 is 0.947 bits per heavy atom. The smallest absolute Gasteiger partial charge is 0.0202 e. The summed E-state index contributed by atoms with van der Waals surface area (Å²) in [4.78, 5) is 0. The van der Waals surface area contributed by atoms with Crippen molar-refractivity contribution >= 4 is 0 Å². The van der Waals surface area contributed by atoms with Crippen LogP contribution in [0.5, 0.6) is 0 Å². The molecule has 3 atom stereocenters. The Morgan fingerprint density at radius 2 is 1.58 bits per heavy atom. The lowest BCUT2D eigenvalue weighted by Gasteiger charge is -2.35. The number of allylic oxidation sites excluding steroid dienone is 2. The van der Waals surface area contributed by atoms with Gasteiger partial charge in [0.05, 0.1) is 0 Å². The molecule has 0 unspecified atom stereocenters. The third kappa shape index (κ3) is 5.71. The van der Waals surface area contributed by atoms with Gasteiger partial charge in [-0.3, -0.25) is 0 Å². The second-order valence-electron chi connectivity index (χ2n) is 6.66. The van der Waals surface area contributed by atoms with Gasteiger partial charge in [0, 0.05) is 0 Å². The highest BCUT2D eigenvalue weighted by Gasteiger charge is 2.28. The van der Waals surface area contributed by atoms with Crippen LogP contribution in [0.3, 0.4) is 0 Å². The lowest BCUT2D eigenvalue weighted by Crippen LogP contribution is -2.25. The quantitative estimate of drug-likeness (QED) is 0.319. The number of hydrogen-bond acceptors (Lipinski definition) is 0. The van der Waals surface area contributed by atoms with Crippen LogP contribution < -0.4 is 0 Å². The monoisotopic (exact) mass is 264 g/mol. The van der Waals surface area contributed by atoms with Gasteiger partial charge in [0.1, 0.15) is 0 Å². The molecule has 0 bridgehead atoms.